The van der Waals surface area contributed by atoms with Crippen molar-refractivity contribution in [3.8, 4) is 0 Å². The molecule has 0 radical (unpaired) electrons. The van der Waals surface area contributed by atoms with Gasteiger partial charge in [-0.3, -0.25) is 0 Å². The number of aliphatic hydroxyl groups excluding tert-OH is 3. The first-order valence-corrected chi connectivity index (χ1v) is 6.35. The summed E-state index contributed by atoms with van der Waals surface area (Å²) >= 11 is 0. The van der Waals surface area contributed by atoms with Crippen LogP contribution in [0.5, 0.6) is 0 Å². The Balaban J connectivity index is 5.06. The zero-order valence-electron chi connectivity index (χ0n) is 11.8. The van der Waals surface area contributed by atoms with Gasteiger partial charge in [-0.1, -0.05) is 0 Å². The first kappa shape index (κ1) is 17.8. The van der Waals surface area contributed by atoms with Gasteiger partial charge in [-0.15, -0.1) is 0 Å². The smallest absolute Gasteiger partial charge is 0.255 e. The molecule has 0 aliphatic carbocycles. The van der Waals surface area contributed by atoms with Gasteiger partial charge in [0.15, 0.2) is 0 Å². The molecule has 0 bridgehead atoms. The third-order valence-electron chi connectivity index (χ3n) is 2.26. The molecule has 0 unspecified atom stereocenters. The summed E-state index contributed by atoms with van der Waals surface area (Å²) in [5, 5.41) is 27.8. The maximum atomic E-state index is 9.64. The van der Waals surface area contributed by atoms with E-state index in [0.717, 1.165) is 0 Å². The van der Waals surface area contributed by atoms with Crippen LogP contribution in [-0.4, -0.2) is 71.2 Å². The second-order valence-electron chi connectivity index (χ2n) is 4.64. The lowest BCUT2D eigenvalue weighted by molar-refractivity contribution is -0.355. The topological polar surface area (TPSA) is 82.4 Å². The molecule has 0 saturated heterocycles. The van der Waals surface area contributed by atoms with Gasteiger partial charge >= 0.3 is 0 Å². The SMILES string of the molecule is CC(C)OC(CO)(OC(C)C)N(CCO)CCO. The molecule has 0 aliphatic heterocycles. The molecule has 0 fully saturated rings. The molecule has 0 saturated carbocycles. The minimum Gasteiger partial charge on any atom is -0.395 e. The van der Waals surface area contributed by atoms with Crippen molar-refractivity contribution in [1.29, 1.82) is 0 Å². The number of hydrogen-bond acceptors (Lipinski definition) is 6. The molecule has 0 aromatic heterocycles. The van der Waals surface area contributed by atoms with E-state index in [4.69, 9.17) is 19.7 Å². The molecule has 6 nitrogen and oxygen atoms in total. The molecule has 0 aromatic carbocycles. The van der Waals surface area contributed by atoms with Crippen molar-refractivity contribution in [2.45, 2.75) is 45.8 Å². The average Bonchev–Trinajstić information content (AvgIpc) is 2.26. The maximum Gasteiger partial charge on any atom is 0.255 e. The zero-order valence-corrected chi connectivity index (χ0v) is 11.8. The minimum atomic E-state index is -1.33. The highest BCUT2D eigenvalue weighted by molar-refractivity contribution is 4.74. The summed E-state index contributed by atoms with van der Waals surface area (Å²) in [7, 11) is 0. The van der Waals surface area contributed by atoms with Crippen LogP contribution in [-0.2, 0) is 9.47 Å². The van der Waals surface area contributed by atoms with Crippen molar-refractivity contribution >= 4 is 0 Å². The average molecular weight is 265 g/mol. The summed E-state index contributed by atoms with van der Waals surface area (Å²) in [4.78, 5) is 1.60. The van der Waals surface area contributed by atoms with Gasteiger partial charge in [0.1, 0.15) is 6.61 Å². The Hall–Kier alpha value is -0.240. The first-order chi connectivity index (χ1) is 8.41. The van der Waals surface area contributed by atoms with Gasteiger partial charge in [-0.05, 0) is 27.7 Å². The Morgan fingerprint density at radius 3 is 1.50 bits per heavy atom. The van der Waals surface area contributed by atoms with Crippen molar-refractivity contribution in [1.82, 2.24) is 4.90 Å². The fourth-order valence-corrected chi connectivity index (χ4v) is 1.78. The van der Waals surface area contributed by atoms with Gasteiger partial charge in [0, 0.05) is 13.1 Å². The van der Waals surface area contributed by atoms with Crippen LogP contribution in [0.25, 0.3) is 0 Å². The molecule has 3 N–H and O–H groups in total. The zero-order chi connectivity index (χ0) is 14.2. The van der Waals surface area contributed by atoms with Crippen LogP contribution in [0.4, 0.5) is 0 Å². The van der Waals surface area contributed by atoms with Crippen molar-refractivity contribution in [2.75, 3.05) is 32.9 Å². The monoisotopic (exact) mass is 265 g/mol. The summed E-state index contributed by atoms with van der Waals surface area (Å²) in [6.07, 6.45) is -0.313. The normalized spacial score (nSPS) is 13.0. The lowest BCUT2D eigenvalue weighted by Gasteiger charge is -2.43. The molecule has 0 amide bonds. The fraction of sp³-hybridized carbons (Fsp3) is 1.00. The highest BCUT2D eigenvalue weighted by Gasteiger charge is 2.40. The molecular weight excluding hydrogens is 238 g/mol. The number of rotatable bonds is 10. The number of hydrogen-bond donors (Lipinski definition) is 3. The van der Waals surface area contributed by atoms with Crippen molar-refractivity contribution in [2.24, 2.45) is 0 Å². The van der Waals surface area contributed by atoms with E-state index in [1.54, 1.807) is 4.90 Å². The number of nitrogens with zero attached hydrogens (tertiary/aromatic N) is 1. The lowest BCUT2D eigenvalue weighted by atomic mass is 10.3. The summed E-state index contributed by atoms with van der Waals surface area (Å²) in [5.74, 6) is -1.33. The fourth-order valence-electron chi connectivity index (χ4n) is 1.78. The summed E-state index contributed by atoms with van der Waals surface area (Å²) in [6.45, 7) is 7.27. The molecule has 0 aliphatic rings. The second kappa shape index (κ2) is 8.79. The molecule has 0 aromatic rings. The third-order valence-corrected chi connectivity index (χ3v) is 2.26. The van der Waals surface area contributed by atoms with E-state index >= 15 is 0 Å². The highest BCUT2D eigenvalue weighted by atomic mass is 16.7. The van der Waals surface area contributed by atoms with E-state index in [2.05, 4.69) is 0 Å². The van der Waals surface area contributed by atoms with Crippen LogP contribution in [0.3, 0.4) is 0 Å². The van der Waals surface area contributed by atoms with Crippen molar-refractivity contribution in [3.63, 3.8) is 0 Å². The van der Waals surface area contributed by atoms with Crippen LogP contribution >= 0.6 is 0 Å². The van der Waals surface area contributed by atoms with Crippen LogP contribution < -0.4 is 0 Å². The second-order valence-corrected chi connectivity index (χ2v) is 4.64. The van der Waals surface area contributed by atoms with Gasteiger partial charge in [-0.2, -0.15) is 0 Å². The predicted octanol–water partition coefficient (Wildman–Crippen LogP) is -0.231. The molecule has 110 valence electrons. The number of ether oxygens (including phenoxy) is 2. The Kier molecular flexibility index (Phi) is 8.67. The van der Waals surface area contributed by atoms with E-state index in [9.17, 15) is 5.11 Å². The Morgan fingerprint density at radius 2 is 1.28 bits per heavy atom. The number of aliphatic hydroxyl groups is 3. The largest absolute Gasteiger partial charge is 0.395 e. The Labute approximate surface area is 109 Å². The van der Waals surface area contributed by atoms with E-state index in [-0.39, 0.29) is 45.1 Å². The summed E-state index contributed by atoms with van der Waals surface area (Å²) in [6, 6.07) is 0. The maximum absolute atomic E-state index is 9.64. The van der Waals surface area contributed by atoms with E-state index in [0.29, 0.717) is 0 Å². The third kappa shape index (κ3) is 5.60. The van der Waals surface area contributed by atoms with E-state index in [1.165, 1.54) is 0 Å². The molecule has 6 heteroatoms. The van der Waals surface area contributed by atoms with E-state index < -0.39 is 5.91 Å². The van der Waals surface area contributed by atoms with Gasteiger partial charge in [0.2, 0.25) is 0 Å². The quantitative estimate of drug-likeness (QED) is 0.473. The van der Waals surface area contributed by atoms with Crippen LogP contribution in [0.2, 0.25) is 0 Å². The van der Waals surface area contributed by atoms with Crippen LogP contribution in [0.1, 0.15) is 27.7 Å². The lowest BCUT2D eigenvalue weighted by Crippen LogP contribution is -2.59. The van der Waals surface area contributed by atoms with Crippen LogP contribution in [0, 0.1) is 0 Å². The summed E-state index contributed by atoms with van der Waals surface area (Å²) < 4.78 is 11.4. The van der Waals surface area contributed by atoms with Gasteiger partial charge in [-0.25, -0.2) is 4.90 Å². The highest BCUT2D eigenvalue weighted by Crippen LogP contribution is 2.22. The van der Waals surface area contributed by atoms with Gasteiger partial charge < -0.3 is 24.8 Å². The Morgan fingerprint density at radius 1 is 0.889 bits per heavy atom. The van der Waals surface area contributed by atoms with Crippen molar-refractivity contribution in [3.05, 3.63) is 0 Å². The molecule has 18 heavy (non-hydrogen) atoms. The molecule has 0 rings (SSSR count). The molecule has 0 spiro atoms. The molecule has 0 heterocycles. The van der Waals surface area contributed by atoms with Crippen LogP contribution in [0.15, 0.2) is 0 Å². The molecular formula is C12H27NO5. The van der Waals surface area contributed by atoms with Gasteiger partial charge in [0.05, 0.1) is 25.4 Å². The van der Waals surface area contributed by atoms with Crippen molar-refractivity contribution < 1.29 is 24.8 Å². The predicted molar refractivity (Wildman–Crippen MR) is 68.0 cm³/mol. The van der Waals surface area contributed by atoms with Gasteiger partial charge in [0.25, 0.3) is 5.91 Å². The standard InChI is InChI=1S/C12H27NO5/c1-10(2)17-12(9-16,18-11(3)4)13(5-7-14)6-8-15/h10-11,14-16H,5-9H2,1-4H3. The van der Waals surface area contributed by atoms with E-state index in [1.807, 2.05) is 27.7 Å². The minimum absolute atomic E-state index is 0.106. The first-order valence-electron chi connectivity index (χ1n) is 6.35. The Bertz CT molecular complexity index is 195. The summed E-state index contributed by atoms with van der Waals surface area (Å²) in [5.41, 5.74) is 0. The molecule has 0 atom stereocenters.